The zero-order valence-electron chi connectivity index (χ0n) is 11.0. The maximum absolute atomic E-state index is 13.1. The van der Waals surface area contributed by atoms with E-state index in [0.29, 0.717) is 17.8 Å². The van der Waals surface area contributed by atoms with Crippen LogP contribution in [0.15, 0.2) is 0 Å². The highest BCUT2D eigenvalue weighted by atomic mass is 32.1. The average Bonchev–Trinajstić information content (AvgIpc) is 2.86. The Bertz CT molecular complexity index is 419. The first-order valence-corrected chi connectivity index (χ1v) is 7.32. The van der Waals surface area contributed by atoms with Gasteiger partial charge in [-0.15, -0.1) is 10.2 Å². The van der Waals surface area contributed by atoms with Gasteiger partial charge in [-0.3, -0.25) is 0 Å². The zero-order chi connectivity index (χ0) is 14.0. The van der Waals surface area contributed by atoms with Crippen molar-refractivity contribution in [2.75, 3.05) is 7.05 Å². The van der Waals surface area contributed by atoms with E-state index in [4.69, 9.17) is 0 Å². The van der Waals surface area contributed by atoms with Crippen molar-refractivity contribution in [1.82, 2.24) is 15.5 Å². The van der Waals surface area contributed by atoms with Gasteiger partial charge in [0.05, 0.1) is 12.0 Å². The highest BCUT2D eigenvalue weighted by Gasteiger charge is 2.47. The summed E-state index contributed by atoms with van der Waals surface area (Å²) >= 11 is 1.31. The molecular formula is C12H18F3N3S. The minimum Gasteiger partial charge on any atom is -0.311 e. The van der Waals surface area contributed by atoms with Gasteiger partial charge in [0, 0.05) is 5.92 Å². The number of rotatable bonds is 3. The third-order valence-corrected chi connectivity index (χ3v) is 5.00. The summed E-state index contributed by atoms with van der Waals surface area (Å²) in [6, 6.07) is 0.0270. The monoisotopic (exact) mass is 293 g/mol. The fraction of sp³-hybridized carbons (Fsp3) is 0.833. The molecule has 1 N–H and O–H groups in total. The normalized spacial score (nSPS) is 26.4. The molecule has 7 heteroatoms. The van der Waals surface area contributed by atoms with Gasteiger partial charge in [-0.1, -0.05) is 24.2 Å². The summed E-state index contributed by atoms with van der Waals surface area (Å²) in [6.45, 7) is 1.92. The summed E-state index contributed by atoms with van der Waals surface area (Å²) < 4.78 is 39.2. The highest BCUT2D eigenvalue weighted by Crippen LogP contribution is 2.47. The van der Waals surface area contributed by atoms with Gasteiger partial charge in [0.1, 0.15) is 10.0 Å². The van der Waals surface area contributed by atoms with Crippen LogP contribution in [0, 0.1) is 5.92 Å². The molecule has 0 spiro atoms. The fourth-order valence-corrected chi connectivity index (χ4v) is 3.62. The van der Waals surface area contributed by atoms with Crippen LogP contribution in [0.4, 0.5) is 13.2 Å². The van der Waals surface area contributed by atoms with Crippen molar-refractivity contribution in [2.45, 2.75) is 50.7 Å². The molecule has 0 aromatic carbocycles. The first kappa shape index (κ1) is 14.7. The van der Waals surface area contributed by atoms with E-state index < -0.39 is 18.0 Å². The van der Waals surface area contributed by atoms with Gasteiger partial charge in [-0.05, 0) is 26.8 Å². The lowest BCUT2D eigenvalue weighted by Gasteiger charge is -2.31. The van der Waals surface area contributed by atoms with Crippen molar-refractivity contribution in [1.29, 1.82) is 0 Å². The van der Waals surface area contributed by atoms with Gasteiger partial charge >= 0.3 is 6.18 Å². The van der Waals surface area contributed by atoms with Crippen LogP contribution in [0.5, 0.6) is 0 Å². The van der Waals surface area contributed by atoms with Crippen LogP contribution in [-0.4, -0.2) is 23.4 Å². The van der Waals surface area contributed by atoms with E-state index in [9.17, 15) is 13.2 Å². The molecule has 1 heterocycles. The predicted octanol–water partition coefficient (Wildman–Crippen LogP) is 3.65. The number of nitrogens with one attached hydrogen (secondary N) is 1. The molecule has 1 saturated carbocycles. The van der Waals surface area contributed by atoms with Crippen LogP contribution in [0.2, 0.25) is 0 Å². The van der Waals surface area contributed by atoms with Crippen molar-refractivity contribution in [2.24, 2.45) is 5.92 Å². The molecule has 1 aliphatic rings. The molecule has 1 aliphatic carbocycles. The van der Waals surface area contributed by atoms with Crippen molar-refractivity contribution < 1.29 is 13.2 Å². The topological polar surface area (TPSA) is 37.8 Å². The lowest BCUT2D eigenvalue weighted by molar-refractivity contribution is -0.187. The second-order valence-electron chi connectivity index (χ2n) is 5.03. The third kappa shape index (κ3) is 3.25. The van der Waals surface area contributed by atoms with E-state index >= 15 is 0 Å². The molecule has 3 unspecified atom stereocenters. The molecule has 108 valence electrons. The Morgan fingerprint density at radius 3 is 2.58 bits per heavy atom. The number of hydrogen-bond acceptors (Lipinski definition) is 4. The molecule has 0 amide bonds. The van der Waals surface area contributed by atoms with Gasteiger partial charge in [-0.25, -0.2) is 0 Å². The highest BCUT2D eigenvalue weighted by molar-refractivity contribution is 7.11. The summed E-state index contributed by atoms with van der Waals surface area (Å²) in [7, 11) is 1.80. The molecule has 0 bridgehead atoms. The third-order valence-electron chi connectivity index (χ3n) is 3.76. The number of aromatic nitrogens is 2. The Labute approximate surface area is 114 Å². The van der Waals surface area contributed by atoms with Gasteiger partial charge in [0.15, 0.2) is 0 Å². The quantitative estimate of drug-likeness (QED) is 0.924. The van der Waals surface area contributed by atoms with Crippen LogP contribution < -0.4 is 5.32 Å². The first-order valence-electron chi connectivity index (χ1n) is 6.50. The Hall–Kier alpha value is -0.690. The second-order valence-corrected chi connectivity index (χ2v) is 6.07. The summed E-state index contributed by atoms with van der Waals surface area (Å²) in [5.41, 5.74) is 0. The molecule has 0 saturated heterocycles. The molecule has 1 aromatic rings. The molecule has 19 heavy (non-hydrogen) atoms. The molecule has 3 nitrogen and oxygen atoms in total. The fourth-order valence-electron chi connectivity index (χ4n) is 2.51. The van der Waals surface area contributed by atoms with Crippen LogP contribution in [0.25, 0.3) is 0 Å². The summed E-state index contributed by atoms with van der Waals surface area (Å²) in [5, 5.41) is 12.3. The molecule has 0 aliphatic heterocycles. The predicted molar refractivity (Wildman–Crippen MR) is 68.1 cm³/mol. The standard InChI is InChI=1S/C12H18F3N3S/c1-7(16-2)10-17-18-11(19-10)8-5-3-4-6-9(8)12(13,14)15/h7-9,16H,3-6H2,1-2H3. The van der Waals surface area contributed by atoms with Gasteiger partial charge in [0.25, 0.3) is 0 Å². The molecule has 2 rings (SSSR count). The summed E-state index contributed by atoms with van der Waals surface area (Å²) in [4.78, 5) is 0. The SMILES string of the molecule is CNC(C)c1nnc(C2CCCCC2C(F)(F)F)s1. The van der Waals surface area contributed by atoms with Gasteiger partial charge in [-0.2, -0.15) is 13.2 Å². The Kier molecular flexibility index (Phi) is 4.45. The maximum Gasteiger partial charge on any atom is 0.392 e. The van der Waals surface area contributed by atoms with Gasteiger partial charge < -0.3 is 5.32 Å². The van der Waals surface area contributed by atoms with Crippen LogP contribution in [-0.2, 0) is 0 Å². The number of hydrogen-bond donors (Lipinski definition) is 1. The van der Waals surface area contributed by atoms with E-state index in [1.165, 1.54) is 11.3 Å². The Morgan fingerprint density at radius 2 is 1.95 bits per heavy atom. The van der Waals surface area contributed by atoms with Crippen LogP contribution in [0.1, 0.15) is 54.6 Å². The van der Waals surface area contributed by atoms with E-state index in [1.54, 1.807) is 7.05 Å². The summed E-state index contributed by atoms with van der Waals surface area (Å²) in [5.74, 6) is -1.77. The minimum atomic E-state index is -4.13. The van der Waals surface area contributed by atoms with Gasteiger partial charge in [0.2, 0.25) is 0 Å². The van der Waals surface area contributed by atoms with E-state index in [1.807, 2.05) is 6.92 Å². The van der Waals surface area contributed by atoms with E-state index in [-0.39, 0.29) is 12.5 Å². The molecule has 3 atom stereocenters. The van der Waals surface area contributed by atoms with E-state index in [0.717, 1.165) is 11.4 Å². The number of halogens is 3. The van der Waals surface area contributed by atoms with Crippen molar-refractivity contribution in [3.63, 3.8) is 0 Å². The lowest BCUT2D eigenvalue weighted by Crippen LogP contribution is -2.31. The molecule has 1 fully saturated rings. The van der Waals surface area contributed by atoms with Crippen molar-refractivity contribution >= 4 is 11.3 Å². The second kappa shape index (κ2) is 5.75. The number of alkyl halides is 3. The van der Waals surface area contributed by atoms with Crippen molar-refractivity contribution in [3.8, 4) is 0 Å². The minimum absolute atomic E-state index is 0.0270. The summed E-state index contributed by atoms with van der Waals surface area (Å²) in [6.07, 6.45) is -1.87. The Balaban J connectivity index is 2.20. The smallest absolute Gasteiger partial charge is 0.311 e. The zero-order valence-corrected chi connectivity index (χ0v) is 11.8. The molecular weight excluding hydrogens is 275 g/mol. The first-order chi connectivity index (χ1) is 8.93. The Morgan fingerprint density at radius 1 is 1.26 bits per heavy atom. The van der Waals surface area contributed by atoms with Crippen LogP contribution in [0.3, 0.4) is 0 Å². The number of nitrogens with zero attached hydrogens (tertiary/aromatic N) is 2. The molecule has 1 aromatic heterocycles. The maximum atomic E-state index is 13.1. The average molecular weight is 293 g/mol. The van der Waals surface area contributed by atoms with Crippen molar-refractivity contribution in [3.05, 3.63) is 10.0 Å². The lowest BCUT2D eigenvalue weighted by atomic mass is 9.79. The molecule has 0 radical (unpaired) electrons. The van der Waals surface area contributed by atoms with E-state index in [2.05, 4.69) is 15.5 Å². The van der Waals surface area contributed by atoms with Crippen LogP contribution >= 0.6 is 11.3 Å². The largest absolute Gasteiger partial charge is 0.392 e.